The van der Waals surface area contributed by atoms with E-state index in [0.717, 1.165) is 21.0 Å². The van der Waals surface area contributed by atoms with Gasteiger partial charge in [-0.2, -0.15) is 0 Å². The molecule has 0 amide bonds. The quantitative estimate of drug-likeness (QED) is 0.851. The molecule has 18 heavy (non-hydrogen) atoms. The summed E-state index contributed by atoms with van der Waals surface area (Å²) in [5, 5.41) is 2.86. The van der Waals surface area contributed by atoms with Crippen molar-refractivity contribution < 1.29 is 0 Å². The van der Waals surface area contributed by atoms with Gasteiger partial charge in [0.1, 0.15) is 0 Å². The van der Waals surface area contributed by atoms with Crippen LogP contribution >= 0.6 is 22.9 Å². The summed E-state index contributed by atoms with van der Waals surface area (Å²) in [5.74, 6) is 0.544. The number of thiophene rings is 1. The van der Waals surface area contributed by atoms with E-state index in [1.54, 1.807) is 11.3 Å². The van der Waals surface area contributed by atoms with Crippen LogP contribution < -0.4 is 5.73 Å². The van der Waals surface area contributed by atoms with Gasteiger partial charge >= 0.3 is 0 Å². The molecule has 1 atom stereocenters. The number of rotatable bonds is 3. The Hall–Kier alpha value is -0.830. The topological polar surface area (TPSA) is 26.0 Å². The highest BCUT2D eigenvalue weighted by atomic mass is 35.5. The molecule has 0 radical (unpaired) electrons. The molecule has 1 aromatic heterocycles. The van der Waals surface area contributed by atoms with E-state index in [1.165, 1.54) is 5.56 Å². The SMILES string of the molecule is Cc1csc(C(N)c2ccc(C(C)C)cc2)c1Cl. The second-order valence-corrected chi connectivity index (χ2v) is 6.19. The number of aryl methyl sites for hydroxylation is 1. The zero-order valence-electron chi connectivity index (χ0n) is 10.9. The molecule has 2 rings (SSSR count). The molecular formula is C15H18ClNS. The van der Waals surface area contributed by atoms with Gasteiger partial charge in [0.05, 0.1) is 11.1 Å². The molecule has 1 nitrogen and oxygen atoms in total. The van der Waals surface area contributed by atoms with Crippen molar-refractivity contribution in [3.8, 4) is 0 Å². The largest absolute Gasteiger partial charge is 0.320 e. The van der Waals surface area contributed by atoms with Crippen molar-refractivity contribution in [2.45, 2.75) is 32.7 Å². The normalized spacial score (nSPS) is 13.0. The second kappa shape index (κ2) is 5.43. The average Bonchev–Trinajstić information content (AvgIpc) is 2.69. The molecule has 2 aromatic rings. The summed E-state index contributed by atoms with van der Waals surface area (Å²) >= 11 is 7.90. The van der Waals surface area contributed by atoms with Crippen molar-refractivity contribution in [3.05, 3.63) is 56.2 Å². The smallest absolute Gasteiger partial charge is 0.0661 e. The molecule has 0 aliphatic rings. The van der Waals surface area contributed by atoms with Crippen LogP contribution in [0.25, 0.3) is 0 Å². The standard InChI is InChI=1S/C15H18ClNS/c1-9(2)11-4-6-12(7-5-11)14(17)15-13(16)10(3)8-18-15/h4-9,14H,17H2,1-3H3. The molecule has 0 saturated carbocycles. The molecule has 0 spiro atoms. The third-order valence-corrected chi connectivity index (χ3v) is 4.97. The molecule has 1 unspecified atom stereocenters. The lowest BCUT2D eigenvalue weighted by molar-refractivity contribution is 0.854. The summed E-state index contributed by atoms with van der Waals surface area (Å²) in [6.45, 7) is 6.39. The Morgan fingerprint density at radius 3 is 2.11 bits per heavy atom. The first-order valence-corrected chi connectivity index (χ1v) is 7.35. The zero-order chi connectivity index (χ0) is 13.3. The number of nitrogens with two attached hydrogens (primary N) is 1. The second-order valence-electron chi connectivity index (χ2n) is 4.90. The summed E-state index contributed by atoms with van der Waals surface area (Å²) in [6, 6.07) is 8.37. The van der Waals surface area contributed by atoms with E-state index in [-0.39, 0.29) is 6.04 Å². The lowest BCUT2D eigenvalue weighted by atomic mass is 9.99. The monoisotopic (exact) mass is 279 g/mol. The first-order chi connectivity index (χ1) is 8.50. The van der Waals surface area contributed by atoms with E-state index < -0.39 is 0 Å². The average molecular weight is 280 g/mol. The van der Waals surface area contributed by atoms with Crippen LogP contribution in [-0.4, -0.2) is 0 Å². The summed E-state index contributed by atoms with van der Waals surface area (Å²) in [6.07, 6.45) is 0. The zero-order valence-corrected chi connectivity index (χ0v) is 12.5. The summed E-state index contributed by atoms with van der Waals surface area (Å²) in [5.41, 5.74) is 9.83. The maximum absolute atomic E-state index is 6.28. The van der Waals surface area contributed by atoms with Crippen LogP contribution in [0.5, 0.6) is 0 Å². The Morgan fingerprint density at radius 1 is 1.11 bits per heavy atom. The van der Waals surface area contributed by atoms with Gasteiger partial charge in [-0.25, -0.2) is 0 Å². The predicted molar refractivity (Wildman–Crippen MR) is 80.6 cm³/mol. The van der Waals surface area contributed by atoms with Crippen LogP contribution in [0.1, 0.15) is 47.4 Å². The van der Waals surface area contributed by atoms with Crippen molar-refractivity contribution in [2.75, 3.05) is 0 Å². The molecule has 0 fully saturated rings. The lowest BCUT2D eigenvalue weighted by Gasteiger charge is -2.13. The van der Waals surface area contributed by atoms with Crippen LogP contribution in [-0.2, 0) is 0 Å². The fraction of sp³-hybridized carbons (Fsp3) is 0.333. The molecule has 96 valence electrons. The third-order valence-electron chi connectivity index (χ3n) is 3.17. The fourth-order valence-corrected chi connectivity index (χ4v) is 3.24. The highest BCUT2D eigenvalue weighted by molar-refractivity contribution is 7.10. The first kappa shape index (κ1) is 13.6. The van der Waals surface area contributed by atoms with E-state index in [9.17, 15) is 0 Å². The molecule has 0 aliphatic heterocycles. The number of halogens is 1. The van der Waals surface area contributed by atoms with E-state index in [0.29, 0.717) is 5.92 Å². The predicted octanol–water partition coefficient (Wildman–Crippen LogP) is 4.88. The minimum atomic E-state index is -0.127. The molecule has 0 saturated heterocycles. The Morgan fingerprint density at radius 2 is 1.67 bits per heavy atom. The summed E-state index contributed by atoms with van der Waals surface area (Å²) in [4.78, 5) is 1.05. The van der Waals surface area contributed by atoms with Gasteiger partial charge in [-0.05, 0) is 34.9 Å². The van der Waals surface area contributed by atoms with Crippen LogP contribution in [0.3, 0.4) is 0 Å². The lowest BCUT2D eigenvalue weighted by Crippen LogP contribution is -2.10. The Labute approximate surface area is 118 Å². The maximum atomic E-state index is 6.28. The third kappa shape index (κ3) is 2.61. The Balaban J connectivity index is 2.29. The van der Waals surface area contributed by atoms with Gasteiger partial charge in [0, 0.05) is 4.88 Å². The van der Waals surface area contributed by atoms with Crippen LogP contribution in [0.15, 0.2) is 29.6 Å². The number of hydrogen-bond donors (Lipinski definition) is 1. The van der Waals surface area contributed by atoms with Crippen molar-refractivity contribution in [1.29, 1.82) is 0 Å². The van der Waals surface area contributed by atoms with Crippen LogP contribution in [0.2, 0.25) is 5.02 Å². The Kier molecular flexibility index (Phi) is 4.10. The minimum absolute atomic E-state index is 0.127. The number of benzene rings is 1. The van der Waals surface area contributed by atoms with Gasteiger partial charge in [-0.1, -0.05) is 49.7 Å². The van der Waals surface area contributed by atoms with E-state index in [1.807, 2.05) is 6.92 Å². The van der Waals surface area contributed by atoms with E-state index >= 15 is 0 Å². The highest BCUT2D eigenvalue weighted by Crippen LogP contribution is 2.34. The number of hydrogen-bond acceptors (Lipinski definition) is 2. The molecule has 1 aromatic carbocycles. The van der Waals surface area contributed by atoms with Gasteiger partial charge in [-0.3, -0.25) is 0 Å². The maximum Gasteiger partial charge on any atom is 0.0661 e. The van der Waals surface area contributed by atoms with Gasteiger partial charge in [0.15, 0.2) is 0 Å². The molecule has 0 aliphatic carbocycles. The van der Waals surface area contributed by atoms with Crippen molar-refractivity contribution in [3.63, 3.8) is 0 Å². The van der Waals surface area contributed by atoms with Gasteiger partial charge in [-0.15, -0.1) is 11.3 Å². The molecule has 1 heterocycles. The summed E-state index contributed by atoms with van der Waals surface area (Å²) in [7, 11) is 0. The molecule has 0 bridgehead atoms. The molecule has 3 heteroatoms. The van der Waals surface area contributed by atoms with Gasteiger partial charge in [0.25, 0.3) is 0 Å². The molecular weight excluding hydrogens is 262 g/mol. The van der Waals surface area contributed by atoms with Crippen LogP contribution in [0.4, 0.5) is 0 Å². The first-order valence-electron chi connectivity index (χ1n) is 6.09. The van der Waals surface area contributed by atoms with Gasteiger partial charge < -0.3 is 5.73 Å². The fourth-order valence-electron chi connectivity index (χ4n) is 1.90. The van der Waals surface area contributed by atoms with Crippen molar-refractivity contribution >= 4 is 22.9 Å². The van der Waals surface area contributed by atoms with E-state index in [2.05, 4.69) is 43.5 Å². The molecule has 2 N–H and O–H groups in total. The summed E-state index contributed by atoms with van der Waals surface area (Å²) < 4.78 is 0. The van der Waals surface area contributed by atoms with Gasteiger partial charge in [0.2, 0.25) is 0 Å². The minimum Gasteiger partial charge on any atom is -0.320 e. The highest BCUT2D eigenvalue weighted by Gasteiger charge is 2.16. The van der Waals surface area contributed by atoms with Crippen LogP contribution in [0, 0.1) is 6.92 Å². The van der Waals surface area contributed by atoms with E-state index in [4.69, 9.17) is 17.3 Å². The van der Waals surface area contributed by atoms with Crippen molar-refractivity contribution in [2.24, 2.45) is 5.73 Å². The Bertz CT molecular complexity index is 528. The van der Waals surface area contributed by atoms with Crippen molar-refractivity contribution in [1.82, 2.24) is 0 Å².